The highest BCUT2D eigenvalue weighted by molar-refractivity contribution is 6.40. The fraction of sp³-hybridized carbons (Fsp3) is 0. The van der Waals surface area contributed by atoms with Crippen molar-refractivity contribution >= 4 is 86.2 Å². The molecule has 0 aliphatic heterocycles. The molecule has 0 N–H and O–H groups in total. The Labute approximate surface area is 207 Å². The quantitative estimate of drug-likeness (QED) is 0.159. The Morgan fingerprint density at radius 1 is 0.222 bits per heavy atom. The molecule has 0 spiro atoms. The normalized spacial score (nSPS) is 12.4. The molecule has 164 valence electrons. The fourth-order valence-corrected chi connectivity index (χ4v) is 6.67. The first kappa shape index (κ1) is 18.6. The van der Waals surface area contributed by atoms with Gasteiger partial charge >= 0.3 is 0 Å². The molecule has 9 rings (SSSR count). The second-order valence-corrected chi connectivity index (χ2v) is 10.1. The Hall–Kier alpha value is -4.68. The molecule has 0 nitrogen and oxygen atoms in total. The van der Waals surface area contributed by atoms with Gasteiger partial charge in [-0.3, -0.25) is 0 Å². The smallest absolute Gasteiger partial charge is 0.00137 e. The monoisotopic (exact) mass is 452 g/mol. The molecule has 0 bridgehead atoms. The van der Waals surface area contributed by atoms with Crippen LogP contribution < -0.4 is 0 Å². The summed E-state index contributed by atoms with van der Waals surface area (Å²) in [6, 6.07) is 45.4. The maximum atomic E-state index is 2.43. The summed E-state index contributed by atoms with van der Waals surface area (Å²) in [5.41, 5.74) is 0. The van der Waals surface area contributed by atoms with Crippen LogP contribution in [-0.4, -0.2) is 0 Å². The molecular formula is C36H20. The highest BCUT2D eigenvalue weighted by Gasteiger charge is 2.17. The van der Waals surface area contributed by atoms with E-state index in [2.05, 4.69) is 121 Å². The first-order chi connectivity index (χ1) is 17.8. The second-order valence-electron chi connectivity index (χ2n) is 10.1. The van der Waals surface area contributed by atoms with Crippen LogP contribution in [0.1, 0.15) is 0 Å². The third-order valence-corrected chi connectivity index (χ3v) is 8.27. The summed E-state index contributed by atoms with van der Waals surface area (Å²) in [7, 11) is 0. The lowest BCUT2D eigenvalue weighted by molar-refractivity contribution is 1.79. The van der Waals surface area contributed by atoms with Crippen LogP contribution in [0, 0.1) is 0 Å². The highest BCUT2D eigenvalue weighted by Crippen LogP contribution is 2.46. The standard InChI is InChI=1S/C36H20/c1-3-9-23-17-31-25(15-21(23)7-1)19-33-27-11-5-6-12-28(27)34-20-26-16-22-8-2-4-10-24(22)18-32(26)30-14-13-29(31)35(33)36(30)34/h1-20H. The lowest BCUT2D eigenvalue weighted by Gasteiger charge is -2.18. The van der Waals surface area contributed by atoms with Crippen molar-refractivity contribution in [2.24, 2.45) is 0 Å². The van der Waals surface area contributed by atoms with Gasteiger partial charge in [0.15, 0.2) is 0 Å². The number of hydrogen-bond donors (Lipinski definition) is 0. The lowest BCUT2D eigenvalue weighted by atomic mass is 9.84. The molecule has 0 heteroatoms. The highest BCUT2D eigenvalue weighted by atomic mass is 14.2. The van der Waals surface area contributed by atoms with Gasteiger partial charge in [0.25, 0.3) is 0 Å². The van der Waals surface area contributed by atoms with Crippen molar-refractivity contribution in [2.75, 3.05) is 0 Å². The van der Waals surface area contributed by atoms with Crippen LogP contribution in [0.15, 0.2) is 121 Å². The Bertz CT molecular complexity index is 2190. The molecule has 9 aromatic carbocycles. The van der Waals surface area contributed by atoms with E-state index < -0.39 is 0 Å². The van der Waals surface area contributed by atoms with Crippen molar-refractivity contribution in [1.29, 1.82) is 0 Å². The lowest BCUT2D eigenvalue weighted by Crippen LogP contribution is -1.90. The average molecular weight is 453 g/mol. The Morgan fingerprint density at radius 3 is 1.03 bits per heavy atom. The van der Waals surface area contributed by atoms with Gasteiger partial charge in [-0.15, -0.1) is 0 Å². The van der Waals surface area contributed by atoms with Gasteiger partial charge in [0.2, 0.25) is 0 Å². The summed E-state index contributed by atoms with van der Waals surface area (Å²) in [5.74, 6) is 0. The van der Waals surface area contributed by atoms with Crippen LogP contribution in [0.25, 0.3) is 86.2 Å². The van der Waals surface area contributed by atoms with Gasteiger partial charge in [-0.1, -0.05) is 84.9 Å². The van der Waals surface area contributed by atoms with Crippen molar-refractivity contribution in [3.63, 3.8) is 0 Å². The van der Waals surface area contributed by atoms with Crippen molar-refractivity contribution in [1.82, 2.24) is 0 Å². The molecule has 0 saturated heterocycles. The molecule has 0 heterocycles. The van der Waals surface area contributed by atoms with E-state index in [1.807, 2.05) is 0 Å². The molecule has 0 saturated carbocycles. The number of hydrogen-bond acceptors (Lipinski definition) is 0. The van der Waals surface area contributed by atoms with Crippen LogP contribution >= 0.6 is 0 Å². The van der Waals surface area contributed by atoms with Gasteiger partial charge in [-0.25, -0.2) is 0 Å². The topological polar surface area (TPSA) is 0 Å². The molecule has 0 fully saturated rings. The molecule has 0 aliphatic rings. The van der Waals surface area contributed by atoms with Gasteiger partial charge in [0.1, 0.15) is 0 Å². The minimum atomic E-state index is 1.29. The number of fused-ring (bicyclic) bond motifs is 9. The summed E-state index contributed by atoms with van der Waals surface area (Å²) in [4.78, 5) is 0. The first-order valence-electron chi connectivity index (χ1n) is 12.6. The fourth-order valence-electron chi connectivity index (χ4n) is 6.67. The minimum absolute atomic E-state index is 1.29. The maximum Gasteiger partial charge on any atom is -0.00137 e. The summed E-state index contributed by atoms with van der Waals surface area (Å²) in [5, 5.41) is 21.3. The molecule has 0 amide bonds. The van der Waals surface area contributed by atoms with E-state index in [0.29, 0.717) is 0 Å². The predicted octanol–water partition coefficient (Wildman–Crippen LogP) is 10.3. The molecule has 0 unspecified atom stereocenters. The summed E-state index contributed by atoms with van der Waals surface area (Å²) < 4.78 is 0. The zero-order chi connectivity index (χ0) is 23.4. The van der Waals surface area contributed by atoms with E-state index in [1.165, 1.54) is 86.2 Å². The SMILES string of the molecule is c1ccc2cc3c(cc2c1)cc1c2ccccc2c2cc4cc5ccccc5cc4c4ccc3c1c42. The van der Waals surface area contributed by atoms with E-state index in [1.54, 1.807) is 0 Å². The Balaban J connectivity index is 1.60. The van der Waals surface area contributed by atoms with Crippen molar-refractivity contribution < 1.29 is 0 Å². The molecular weight excluding hydrogens is 432 g/mol. The van der Waals surface area contributed by atoms with Gasteiger partial charge in [-0.05, 0) is 123 Å². The van der Waals surface area contributed by atoms with Crippen LogP contribution in [-0.2, 0) is 0 Å². The van der Waals surface area contributed by atoms with E-state index in [0.717, 1.165) is 0 Å². The predicted molar refractivity (Wildman–Crippen MR) is 158 cm³/mol. The molecule has 0 aromatic heterocycles. The average Bonchev–Trinajstić information content (AvgIpc) is 2.93. The van der Waals surface area contributed by atoms with Gasteiger partial charge in [0, 0.05) is 0 Å². The molecule has 0 atom stereocenters. The molecule has 9 aromatic rings. The van der Waals surface area contributed by atoms with E-state index in [-0.39, 0.29) is 0 Å². The largest absolute Gasteiger partial charge is 0.0616 e. The third-order valence-electron chi connectivity index (χ3n) is 8.27. The molecule has 0 radical (unpaired) electrons. The van der Waals surface area contributed by atoms with Crippen molar-refractivity contribution in [2.45, 2.75) is 0 Å². The van der Waals surface area contributed by atoms with E-state index in [4.69, 9.17) is 0 Å². The van der Waals surface area contributed by atoms with Crippen LogP contribution in [0.2, 0.25) is 0 Å². The first-order valence-corrected chi connectivity index (χ1v) is 12.6. The van der Waals surface area contributed by atoms with Crippen molar-refractivity contribution in [3.05, 3.63) is 121 Å². The Morgan fingerprint density at radius 2 is 0.583 bits per heavy atom. The zero-order valence-corrected chi connectivity index (χ0v) is 19.5. The third kappa shape index (κ3) is 2.29. The van der Waals surface area contributed by atoms with Crippen LogP contribution in [0.5, 0.6) is 0 Å². The maximum absolute atomic E-state index is 2.43. The summed E-state index contributed by atoms with van der Waals surface area (Å²) in [6.45, 7) is 0. The zero-order valence-electron chi connectivity index (χ0n) is 19.5. The molecule has 36 heavy (non-hydrogen) atoms. The van der Waals surface area contributed by atoms with Crippen LogP contribution in [0.4, 0.5) is 0 Å². The van der Waals surface area contributed by atoms with Gasteiger partial charge in [0.05, 0.1) is 0 Å². The minimum Gasteiger partial charge on any atom is -0.0616 e. The summed E-state index contributed by atoms with van der Waals surface area (Å²) in [6.07, 6.45) is 0. The van der Waals surface area contributed by atoms with Gasteiger partial charge in [-0.2, -0.15) is 0 Å². The van der Waals surface area contributed by atoms with Gasteiger partial charge < -0.3 is 0 Å². The van der Waals surface area contributed by atoms with Crippen LogP contribution in [0.3, 0.4) is 0 Å². The number of benzene rings is 9. The van der Waals surface area contributed by atoms with E-state index in [9.17, 15) is 0 Å². The Kier molecular flexibility index (Phi) is 3.36. The second kappa shape index (κ2) is 6.50. The number of rotatable bonds is 0. The van der Waals surface area contributed by atoms with E-state index >= 15 is 0 Å². The van der Waals surface area contributed by atoms with Crippen molar-refractivity contribution in [3.8, 4) is 0 Å². The molecule has 0 aliphatic carbocycles. The summed E-state index contributed by atoms with van der Waals surface area (Å²) >= 11 is 0.